The van der Waals surface area contributed by atoms with Gasteiger partial charge in [0.2, 0.25) is 0 Å². The fourth-order valence-corrected chi connectivity index (χ4v) is 5.75. The van der Waals surface area contributed by atoms with Gasteiger partial charge in [-0.15, -0.1) is 0 Å². The molecule has 0 bridgehead atoms. The third-order valence-corrected chi connectivity index (χ3v) is 7.17. The molecule has 2 saturated carbocycles. The maximum absolute atomic E-state index is 6.24. The average molecular weight is 382 g/mol. The molecule has 0 amide bonds. The van der Waals surface area contributed by atoms with Crippen LogP contribution in [0.2, 0.25) is 0 Å². The van der Waals surface area contributed by atoms with Gasteiger partial charge in [0, 0.05) is 18.1 Å². The second-order valence-corrected chi connectivity index (χ2v) is 9.16. The lowest BCUT2D eigenvalue weighted by molar-refractivity contribution is -0.188. The highest BCUT2D eigenvalue weighted by molar-refractivity contribution is 4.97. The summed E-state index contributed by atoms with van der Waals surface area (Å²) < 4.78 is 12.4. The van der Waals surface area contributed by atoms with Crippen molar-refractivity contribution in [2.75, 3.05) is 20.3 Å². The van der Waals surface area contributed by atoms with Crippen LogP contribution in [0.5, 0.6) is 0 Å². The van der Waals surface area contributed by atoms with E-state index in [-0.39, 0.29) is 18.5 Å². The molecule has 7 nitrogen and oxygen atoms in total. The van der Waals surface area contributed by atoms with Gasteiger partial charge >= 0.3 is 0 Å². The maximum Gasteiger partial charge on any atom is 0.113 e. The van der Waals surface area contributed by atoms with Crippen LogP contribution in [0.1, 0.15) is 51.9 Å². The molecule has 7 atom stereocenters. The molecule has 7 unspecified atom stereocenters. The van der Waals surface area contributed by atoms with Crippen LogP contribution < -0.4 is 27.0 Å². The van der Waals surface area contributed by atoms with Crippen molar-refractivity contribution >= 4 is 0 Å². The SMILES string of the molecule is CNC1CC(C)NC(NC2CC3OCCOC3C(C3CCC(N)CC3)C2)N1. The zero-order valence-corrected chi connectivity index (χ0v) is 17.0. The number of nitrogens with one attached hydrogen (secondary N) is 4. The molecule has 4 rings (SSSR count). The molecule has 156 valence electrons. The highest BCUT2D eigenvalue weighted by atomic mass is 16.6. The molecule has 2 aliphatic carbocycles. The smallest absolute Gasteiger partial charge is 0.113 e. The van der Waals surface area contributed by atoms with Gasteiger partial charge in [0.1, 0.15) is 6.29 Å². The first kappa shape index (κ1) is 20.0. The van der Waals surface area contributed by atoms with Gasteiger partial charge in [-0.2, -0.15) is 0 Å². The second kappa shape index (κ2) is 9.03. The summed E-state index contributed by atoms with van der Waals surface area (Å²) in [6.07, 6.45) is 9.07. The van der Waals surface area contributed by atoms with Gasteiger partial charge in [-0.05, 0) is 70.8 Å². The Kier molecular flexibility index (Phi) is 6.69. The summed E-state index contributed by atoms with van der Waals surface area (Å²) in [5.74, 6) is 1.30. The summed E-state index contributed by atoms with van der Waals surface area (Å²) in [4.78, 5) is 0. The molecule has 2 saturated heterocycles. The molecule has 0 aromatic heterocycles. The first-order chi connectivity index (χ1) is 13.1. The van der Waals surface area contributed by atoms with Gasteiger partial charge in [-0.25, -0.2) is 0 Å². The van der Waals surface area contributed by atoms with E-state index < -0.39 is 0 Å². The molecule has 2 aliphatic heterocycles. The minimum absolute atomic E-state index is 0.137. The van der Waals surface area contributed by atoms with E-state index in [1.165, 1.54) is 19.3 Å². The molecule has 0 radical (unpaired) electrons. The summed E-state index contributed by atoms with van der Waals surface area (Å²) >= 11 is 0. The van der Waals surface area contributed by atoms with Crippen molar-refractivity contribution in [1.82, 2.24) is 21.3 Å². The average Bonchev–Trinajstić information content (AvgIpc) is 2.67. The van der Waals surface area contributed by atoms with Gasteiger partial charge in [0.15, 0.2) is 0 Å². The molecule has 0 spiro atoms. The molecular formula is C20H39N5O2. The Hall–Kier alpha value is -0.280. The number of ether oxygens (including phenoxy) is 2. The van der Waals surface area contributed by atoms with Gasteiger partial charge in [0.25, 0.3) is 0 Å². The molecule has 4 fully saturated rings. The lowest BCUT2D eigenvalue weighted by atomic mass is 9.69. The maximum atomic E-state index is 6.24. The van der Waals surface area contributed by atoms with Gasteiger partial charge in [0.05, 0.1) is 31.6 Å². The zero-order chi connectivity index (χ0) is 18.8. The number of fused-ring (bicyclic) bond motifs is 1. The molecular weight excluding hydrogens is 342 g/mol. The Labute approximate surface area is 163 Å². The van der Waals surface area contributed by atoms with Crippen LogP contribution in [0, 0.1) is 11.8 Å². The quantitative estimate of drug-likeness (QED) is 0.483. The van der Waals surface area contributed by atoms with E-state index in [0.717, 1.165) is 44.8 Å². The van der Waals surface area contributed by atoms with Gasteiger partial charge in [-0.1, -0.05) is 0 Å². The summed E-state index contributed by atoms with van der Waals surface area (Å²) in [6, 6.07) is 1.33. The van der Waals surface area contributed by atoms with Crippen molar-refractivity contribution < 1.29 is 9.47 Å². The Morgan fingerprint density at radius 1 is 0.963 bits per heavy atom. The molecule has 0 aromatic carbocycles. The standard InChI is InChI=1S/C20H39N5O2/c1-12-9-18(22-2)25-20(23-12)24-15-10-16(13-3-5-14(21)6-4-13)19-17(11-15)26-7-8-27-19/h12-20,22-25H,3-11,21H2,1-2H3. The minimum atomic E-state index is 0.137. The monoisotopic (exact) mass is 381 g/mol. The third kappa shape index (κ3) is 4.83. The first-order valence-electron chi connectivity index (χ1n) is 11.1. The van der Waals surface area contributed by atoms with E-state index in [2.05, 4.69) is 28.2 Å². The Morgan fingerprint density at radius 3 is 2.52 bits per heavy atom. The molecule has 2 heterocycles. The summed E-state index contributed by atoms with van der Waals surface area (Å²) in [5, 5.41) is 14.5. The fourth-order valence-electron chi connectivity index (χ4n) is 5.75. The predicted octanol–water partition coefficient (Wildman–Crippen LogP) is 0.457. The van der Waals surface area contributed by atoms with Crippen LogP contribution in [0.25, 0.3) is 0 Å². The van der Waals surface area contributed by atoms with Crippen molar-refractivity contribution in [2.24, 2.45) is 17.6 Å². The molecule has 0 aromatic rings. The summed E-state index contributed by atoms with van der Waals surface area (Å²) in [5.41, 5.74) is 6.16. The highest BCUT2D eigenvalue weighted by Crippen LogP contribution is 2.41. The van der Waals surface area contributed by atoms with Crippen LogP contribution in [-0.2, 0) is 9.47 Å². The topological polar surface area (TPSA) is 92.6 Å². The van der Waals surface area contributed by atoms with Crippen molar-refractivity contribution in [3.05, 3.63) is 0 Å². The number of hydrogen-bond donors (Lipinski definition) is 5. The second-order valence-electron chi connectivity index (χ2n) is 9.16. The molecule has 7 heteroatoms. The van der Waals surface area contributed by atoms with Crippen molar-refractivity contribution in [2.45, 2.75) is 94.7 Å². The number of nitrogens with two attached hydrogens (primary N) is 1. The van der Waals surface area contributed by atoms with Crippen LogP contribution in [0.4, 0.5) is 0 Å². The van der Waals surface area contributed by atoms with E-state index in [0.29, 0.717) is 30.2 Å². The van der Waals surface area contributed by atoms with Crippen LogP contribution >= 0.6 is 0 Å². The normalized spacial score (nSPS) is 48.8. The van der Waals surface area contributed by atoms with E-state index in [9.17, 15) is 0 Å². The van der Waals surface area contributed by atoms with Crippen molar-refractivity contribution in [3.63, 3.8) is 0 Å². The van der Waals surface area contributed by atoms with Crippen LogP contribution in [-0.4, -0.2) is 63.1 Å². The first-order valence-corrected chi connectivity index (χ1v) is 11.1. The largest absolute Gasteiger partial charge is 0.373 e. The Morgan fingerprint density at radius 2 is 1.74 bits per heavy atom. The van der Waals surface area contributed by atoms with E-state index in [1.54, 1.807) is 0 Å². The predicted molar refractivity (Wildman–Crippen MR) is 106 cm³/mol. The fraction of sp³-hybridized carbons (Fsp3) is 1.00. The highest BCUT2D eigenvalue weighted by Gasteiger charge is 2.45. The van der Waals surface area contributed by atoms with Crippen LogP contribution in [0.3, 0.4) is 0 Å². The van der Waals surface area contributed by atoms with E-state index in [4.69, 9.17) is 15.2 Å². The van der Waals surface area contributed by atoms with Gasteiger partial charge < -0.3 is 20.5 Å². The van der Waals surface area contributed by atoms with E-state index >= 15 is 0 Å². The zero-order valence-electron chi connectivity index (χ0n) is 17.0. The molecule has 4 aliphatic rings. The molecule has 27 heavy (non-hydrogen) atoms. The summed E-state index contributed by atoms with van der Waals surface area (Å²) in [6.45, 7) is 3.73. The lowest BCUT2D eigenvalue weighted by Crippen LogP contribution is -2.68. The van der Waals surface area contributed by atoms with Crippen molar-refractivity contribution in [1.29, 1.82) is 0 Å². The number of hydrogen-bond acceptors (Lipinski definition) is 7. The number of rotatable bonds is 4. The Bertz CT molecular complexity index is 473. The molecule has 6 N–H and O–H groups in total. The van der Waals surface area contributed by atoms with E-state index in [1.807, 2.05) is 7.05 Å². The third-order valence-electron chi connectivity index (χ3n) is 7.17. The van der Waals surface area contributed by atoms with Crippen LogP contribution in [0.15, 0.2) is 0 Å². The lowest BCUT2D eigenvalue weighted by Gasteiger charge is -2.49. The van der Waals surface area contributed by atoms with Crippen molar-refractivity contribution in [3.8, 4) is 0 Å². The Balaban J connectivity index is 1.41. The minimum Gasteiger partial charge on any atom is -0.373 e. The summed E-state index contributed by atoms with van der Waals surface area (Å²) in [7, 11) is 2.02. The van der Waals surface area contributed by atoms with Gasteiger partial charge in [-0.3, -0.25) is 16.0 Å².